The first-order valence-electron chi connectivity index (χ1n) is 9.98. The topological polar surface area (TPSA) is 75.4 Å². The van der Waals surface area contributed by atoms with Gasteiger partial charge in [0.05, 0.1) is 6.42 Å². The lowest BCUT2D eigenvalue weighted by atomic mass is 10.1. The van der Waals surface area contributed by atoms with E-state index in [-0.39, 0.29) is 18.1 Å². The Hall–Kier alpha value is -3.17. The molecule has 31 heavy (non-hydrogen) atoms. The number of anilines is 1. The summed E-state index contributed by atoms with van der Waals surface area (Å²) in [5.74, 6) is -1.62. The average molecular weight is 434 g/mol. The van der Waals surface area contributed by atoms with Crippen LogP contribution in [0, 0.1) is 20.8 Å². The number of rotatable bonds is 7. The van der Waals surface area contributed by atoms with Crippen LogP contribution in [0.4, 0.5) is 18.9 Å². The fourth-order valence-electron chi connectivity index (χ4n) is 3.43. The monoisotopic (exact) mass is 434 g/mol. The van der Waals surface area contributed by atoms with E-state index < -0.39 is 12.0 Å². The molecule has 2 heterocycles. The number of fused-ring (bicyclic) bond motifs is 1. The van der Waals surface area contributed by atoms with Crippen molar-refractivity contribution < 1.29 is 18.0 Å². The maximum absolute atomic E-state index is 12.9. The molecule has 0 bridgehead atoms. The largest absolute Gasteiger partial charge is 0.453 e. The molecule has 10 heteroatoms. The number of carbonyl (C=O) groups excluding carboxylic acids is 1. The minimum absolute atomic E-state index is 0.00160. The molecule has 2 aromatic heterocycles. The Balaban J connectivity index is 1.67. The van der Waals surface area contributed by atoms with Crippen LogP contribution < -0.4 is 10.2 Å². The number of aromatic nitrogens is 4. The second-order valence-electron chi connectivity index (χ2n) is 7.35. The van der Waals surface area contributed by atoms with Crippen molar-refractivity contribution >= 4 is 17.4 Å². The van der Waals surface area contributed by atoms with Crippen molar-refractivity contribution in [1.29, 1.82) is 0 Å². The second kappa shape index (κ2) is 8.91. The van der Waals surface area contributed by atoms with Gasteiger partial charge in [0.15, 0.2) is 0 Å². The number of hydrogen-bond acceptors (Lipinski definition) is 5. The maximum atomic E-state index is 12.9. The first kappa shape index (κ1) is 22.5. The van der Waals surface area contributed by atoms with E-state index in [1.165, 1.54) is 0 Å². The summed E-state index contributed by atoms with van der Waals surface area (Å²) < 4.78 is 39.8. The lowest BCUT2D eigenvalue weighted by molar-refractivity contribution is -0.144. The summed E-state index contributed by atoms with van der Waals surface area (Å²) >= 11 is 0. The van der Waals surface area contributed by atoms with Crippen molar-refractivity contribution in [2.45, 2.75) is 40.3 Å². The summed E-state index contributed by atoms with van der Waals surface area (Å²) in [5.41, 5.74) is 3.65. The molecule has 0 spiro atoms. The van der Waals surface area contributed by atoms with Crippen molar-refractivity contribution in [2.24, 2.45) is 0 Å². The van der Waals surface area contributed by atoms with E-state index in [9.17, 15) is 18.0 Å². The molecule has 0 unspecified atom stereocenters. The minimum Gasteiger partial charge on any atom is -0.370 e. The number of likely N-dealkylation sites (N-methyl/N-ethyl adjacent to an activating group) is 1. The van der Waals surface area contributed by atoms with Crippen molar-refractivity contribution in [3.8, 4) is 0 Å². The minimum atomic E-state index is -4.66. The third-order valence-corrected chi connectivity index (χ3v) is 5.09. The van der Waals surface area contributed by atoms with E-state index in [0.29, 0.717) is 30.0 Å². The molecule has 0 atom stereocenters. The molecule has 3 aromatic rings. The lowest BCUT2D eigenvalue weighted by Gasteiger charge is -2.23. The molecule has 0 aliphatic carbocycles. The highest BCUT2D eigenvalue weighted by Gasteiger charge is 2.37. The van der Waals surface area contributed by atoms with Gasteiger partial charge in [-0.1, -0.05) is 12.1 Å². The van der Waals surface area contributed by atoms with Gasteiger partial charge in [0.25, 0.3) is 11.6 Å². The van der Waals surface area contributed by atoms with Crippen molar-refractivity contribution in [3.63, 3.8) is 0 Å². The van der Waals surface area contributed by atoms with E-state index >= 15 is 0 Å². The number of aryl methyl sites for hydroxylation is 3. The molecule has 0 aliphatic heterocycles. The zero-order valence-electron chi connectivity index (χ0n) is 17.9. The highest BCUT2D eigenvalue weighted by atomic mass is 19.4. The zero-order chi connectivity index (χ0) is 22.8. The summed E-state index contributed by atoms with van der Waals surface area (Å²) in [5, 5.41) is 6.39. The molecule has 1 N–H and O–H groups in total. The first-order chi connectivity index (χ1) is 14.6. The van der Waals surface area contributed by atoms with Crippen LogP contribution in [0.15, 0.2) is 24.3 Å². The molecule has 0 radical (unpaired) electrons. The average Bonchev–Trinajstić information content (AvgIpc) is 3.13. The lowest BCUT2D eigenvalue weighted by Crippen LogP contribution is -2.35. The van der Waals surface area contributed by atoms with Gasteiger partial charge in [0, 0.05) is 42.3 Å². The SMILES string of the molecule is CCN(CCNC(=O)Cc1c(C)nc2nc(C(F)(F)F)nn2c1C)c1cccc(C)c1. The van der Waals surface area contributed by atoms with Crippen LogP contribution in [0.2, 0.25) is 0 Å². The van der Waals surface area contributed by atoms with E-state index in [0.717, 1.165) is 22.3 Å². The Morgan fingerprint density at radius 2 is 1.94 bits per heavy atom. The number of amides is 1. The van der Waals surface area contributed by atoms with Crippen molar-refractivity contribution in [1.82, 2.24) is 24.9 Å². The Morgan fingerprint density at radius 1 is 1.19 bits per heavy atom. The Morgan fingerprint density at radius 3 is 2.58 bits per heavy atom. The maximum Gasteiger partial charge on any atom is 0.453 e. The van der Waals surface area contributed by atoms with Crippen LogP contribution in [0.1, 0.15) is 35.3 Å². The fraction of sp³-hybridized carbons (Fsp3) is 0.429. The number of benzene rings is 1. The highest BCUT2D eigenvalue weighted by molar-refractivity contribution is 5.79. The van der Waals surface area contributed by atoms with Gasteiger partial charge in [-0.2, -0.15) is 18.2 Å². The Kier molecular flexibility index (Phi) is 6.47. The van der Waals surface area contributed by atoms with Crippen LogP contribution >= 0.6 is 0 Å². The summed E-state index contributed by atoms with van der Waals surface area (Å²) in [6.07, 6.45) is -4.66. The van der Waals surface area contributed by atoms with Gasteiger partial charge in [-0.3, -0.25) is 4.79 Å². The molecule has 0 fully saturated rings. The number of alkyl halides is 3. The number of nitrogens with one attached hydrogen (secondary N) is 1. The summed E-state index contributed by atoms with van der Waals surface area (Å²) in [6, 6.07) is 8.14. The quantitative estimate of drug-likeness (QED) is 0.618. The van der Waals surface area contributed by atoms with Gasteiger partial charge >= 0.3 is 6.18 Å². The van der Waals surface area contributed by atoms with Crippen LogP contribution in [0.5, 0.6) is 0 Å². The van der Waals surface area contributed by atoms with Gasteiger partial charge in [-0.25, -0.2) is 9.50 Å². The molecule has 1 aromatic carbocycles. The van der Waals surface area contributed by atoms with Gasteiger partial charge in [0.2, 0.25) is 5.91 Å². The smallest absolute Gasteiger partial charge is 0.370 e. The third-order valence-electron chi connectivity index (χ3n) is 5.09. The Labute approximate surface area is 178 Å². The fourth-order valence-corrected chi connectivity index (χ4v) is 3.43. The number of nitrogens with zero attached hydrogens (tertiary/aromatic N) is 5. The molecule has 0 saturated heterocycles. The summed E-state index contributed by atoms with van der Waals surface area (Å²) in [6.45, 7) is 9.21. The molecule has 0 saturated carbocycles. The van der Waals surface area contributed by atoms with E-state index in [2.05, 4.69) is 31.3 Å². The van der Waals surface area contributed by atoms with Gasteiger partial charge < -0.3 is 10.2 Å². The molecule has 1 amide bonds. The predicted molar refractivity (Wildman–Crippen MR) is 111 cm³/mol. The summed E-state index contributed by atoms with van der Waals surface area (Å²) in [4.78, 5) is 22.2. The van der Waals surface area contributed by atoms with Crippen LogP contribution in [0.25, 0.3) is 5.78 Å². The predicted octanol–water partition coefficient (Wildman–Crippen LogP) is 3.25. The number of carbonyl (C=O) groups is 1. The van der Waals surface area contributed by atoms with E-state index in [4.69, 9.17) is 0 Å². The molecule has 3 rings (SSSR count). The number of halogens is 3. The first-order valence-corrected chi connectivity index (χ1v) is 9.98. The molecular formula is C21H25F3N6O. The van der Waals surface area contributed by atoms with Crippen LogP contribution in [0.3, 0.4) is 0 Å². The summed E-state index contributed by atoms with van der Waals surface area (Å²) in [7, 11) is 0. The van der Waals surface area contributed by atoms with E-state index in [1.807, 2.05) is 32.0 Å². The van der Waals surface area contributed by atoms with Gasteiger partial charge in [-0.05, 0) is 45.4 Å². The van der Waals surface area contributed by atoms with Crippen molar-refractivity contribution in [2.75, 3.05) is 24.5 Å². The van der Waals surface area contributed by atoms with Crippen LogP contribution in [-0.2, 0) is 17.4 Å². The Bertz CT molecular complexity index is 1090. The van der Waals surface area contributed by atoms with Gasteiger partial charge in [0.1, 0.15) is 0 Å². The molecule has 7 nitrogen and oxygen atoms in total. The number of hydrogen-bond donors (Lipinski definition) is 1. The molecule has 166 valence electrons. The van der Waals surface area contributed by atoms with E-state index in [1.54, 1.807) is 13.8 Å². The zero-order valence-corrected chi connectivity index (χ0v) is 17.9. The third kappa shape index (κ3) is 5.12. The molecular weight excluding hydrogens is 409 g/mol. The van der Waals surface area contributed by atoms with Gasteiger partial charge in [-0.15, -0.1) is 5.10 Å². The second-order valence-corrected chi connectivity index (χ2v) is 7.35. The normalized spacial score (nSPS) is 11.7. The molecule has 0 aliphatic rings. The highest BCUT2D eigenvalue weighted by Crippen LogP contribution is 2.27. The van der Waals surface area contributed by atoms with Crippen molar-refractivity contribution in [3.05, 3.63) is 52.6 Å². The van der Waals surface area contributed by atoms with Crippen LogP contribution in [-0.4, -0.2) is 45.1 Å². The standard InChI is InChI=1S/C21H25F3N6O/c1-5-29(16-8-6-7-13(2)11-16)10-9-25-18(31)12-17-14(3)26-20-27-19(21(22,23)24)28-30(20)15(17)4/h6-8,11H,5,9-10,12H2,1-4H3,(H,25,31).